The lowest BCUT2D eigenvalue weighted by Gasteiger charge is -2.14. The fraction of sp³-hybridized carbons (Fsp3) is 0.105. The highest BCUT2D eigenvalue weighted by molar-refractivity contribution is 6.03. The SMILES string of the molecule is C=C(C(=C)c1ccc(N(C)C)cc1)c1ccc(C#N)cc1. The number of allylic oxidation sites excluding steroid dienone is 2. The van der Waals surface area contributed by atoms with Gasteiger partial charge in [0, 0.05) is 19.8 Å². The Balaban J connectivity index is 2.22. The van der Waals surface area contributed by atoms with Gasteiger partial charge in [-0.25, -0.2) is 0 Å². The summed E-state index contributed by atoms with van der Waals surface area (Å²) in [6, 6.07) is 17.7. The third kappa shape index (κ3) is 3.21. The van der Waals surface area contributed by atoms with E-state index in [4.69, 9.17) is 5.26 Å². The predicted molar refractivity (Wildman–Crippen MR) is 90.0 cm³/mol. The third-order valence-electron chi connectivity index (χ3n) is 3.46. The van der Waals surface area contributed by atoms with Crippen LogP contribution >= 0.6 is 0 Å². The molecule has 2 heteroatoms. The molecule has 21 heavy (non-hydrogen) atoms. The van der Waals surface area contributed by atoms with Crippen LogP contribution in [0.2, 0.25) is 0 Å². The molecular weight excluding hydrogens is 256 g/mol. The molecule has 2 rings (SSSR count). The maximum Gasteiger partial charge on any atom is 0.0991 e. The second kappa shape index (κ2) is 6.11. The van der Waals surface area contributed by atoms with Gasteiger partial charge in [0.05, 0.1) is 11.6 Å². The number of anilines is 1. The molecule has 0 aromatic heterocycles. The van der Waals surface area contributed by atoms with Gasteiger partial charge in [0.25, 0.3) is 0 Å². The molecule has 2 nitrogen and oxygen atoms in total. The van der Waals surface area contributed by atoms with E-state index in [0.29, 0.717) is 5.56 Å². The van der Waals surface area contributed by atoms with E-state index in [1.165, 1.54) is 0 Å². The summed E-state index contributed by atoms with van der Waals surface area (Å²) in [7, 11) is 4.03. The Morgan fingerprint density at radius 1 is 0.857 bits per heavy atom. The zero-order chi connectivity index (χ0) is 15.4. The molecule has 0 bridgehead atoms. The van der Waals surface area contributed by atoms with Crippen LogP contribution in [0, 0.1) is 11.3 Å². The Morgan fingerprint density at radius 3 is 1.67 bits per heavy atom. The molecule has 0 spiro atoms. The van der Waals surface area contributed by atoms with Gasteiger partial charge >= 0.3 is 0 Å². The molecule has 2 aromatic carbocycles. The van der Waals surface area contributed by atoms with Crippen LogP contribution in [-0.2, 0) is 0 Å². The van der Waals surface area contributed by atoms with Crippen LogP contribution in [0.3, 0.4) is 0 Å². The number of rotatable bonds is 4. The van der Waals surface area contributed by atoms with Crippen molar-refractivity contribution >= 4 is 16.8 Å². The lowest BCUT2D eigenvalue weighted by molar-refractivity contribution is 1.13. The van der Waals surface area contributed by atoms with Gasteiger partial charge in [0.2, 0.25) is 0 Å². The number of hydrogen-bond donors (Lipinski definition) is 0. The first-order valence-electron chi connectivity index (χ1n) is 6.69. The molecule has 0 fully saturated rings. The number of nitrogens with zero attached hydrogens (tertiary/aromatic N) is 2. The maximum atomic E-state index is 8.83. The lowest BCUT2D eigenvalue weighted by atomic mass is 9.94. The summed E-state index contributed by atoms with van der Waals surface area (Å²) < 4.78 is 0. The second-order valence-electron chi connectivity index (χ2n) is 5.09. The van der Waals surface area contributed by atoms with E-state index in [2.05, 4.69) is 36.3 Å². The van der Waals surface area contributed by atoms with Crippen LogP contribution in [0.15, 0.2) is 61.7 Å². The Labute approximate surface area is 126 Å². The normalized spacial score (nSPS) is 9.76. The smallest absolute Gasteiger partial charge is 0.0991 e. The fourth-order valence-corrected chi connectivity index (χ4v) is 2.06. The minimum absolute atomic E-state index is 0.646. The zero-order valence-electron chi connectivity index (χ0n) is 12.4. The third-order valence-corrected chi connectivity index (χ3v) is 3.46. The number of benzene rings is 2. The molecular formula is C19H18N2. The molecule has 0 atom stereocenters. The van der Waals surface area contributed by atoms with Gasteiger partial charge < -0.3 is 4.90 Å². The summed E-state index contributed by atoms with van der Waals surface area (Å²) in [5.74, 6) is 0. The number of hydrogen-bond acceptors (Lipinski definition) is 2. The lowest BCUT2D eigenvalue weighted by Crippen LogP contribution is -2.08. The minimum Gasteiger partial charge on any atom is -0.378 e. The van der Waals surface area contributed by atoms with E-state index < -0.39 is 0 Å². The highest BCUT2D eigenvalue weighted by Gasteiger charge is 2.07. The molecule has 0 N–H and O–H groups in total. The molecule has 0 unspecified atom stereocenters. The van der Waals surface area contributed by atoms with E-state index >= 15 is 0 Å². The van der Waals surface area contributed by atoms with Crippen molar-refractivity contribution in [3.63, 3.8) is 0 Å². The van der Waals surface area contributed by atoms with Crippen molar-refractivity contribution in [3.8, 4) is 6.07 Å². The Kier molecular flexibility index (Phi) is 4.25. The predicted octanol–water partition coefficient (Wildman–Crippen LogP) is 4.35. The summed E-state index contributed by atoms with van der Waals surface area (Å²) in [6.07, 6.45) is 0. The first kappa shape index (κ1) is 14.6. The number of nitriles is 1. The average molecular weight is 274 g/mol. The molecule has 0 aliphatic carbocycles. The van der Waals surface area contributed by atoms with Crippen molar-refractivity contribution in [2.24, 2.45) is 0 Å². The summed E-state index contributed by atoms with van der Waals surface area (Å²) in [4.78, 5) is 2.06. The Morgan fingerprint density at radius 2 is 1.29 bits per heavy atom. The van der Waals surface area contributed by atoms with E-state index in [0.717, 1.165) is 28.0 Å². The highest BCUT2D eigenvalue weighted by atomic mass is 15.1. The van der Waals surface area contributed by atoms with E-state index in [9.17, 15) is 0 Å². The van der Waals surface area contributed by atoms with Gasteiger partial charge in [0.15, 0.2) is 0 Å². The minimum atomic E-state index is 0.646. The quantitative estimate of drug-likeness (QED) is 0.775. The van der Waals surface area contributed by atoms with Gasteiger partial charge in [-0.05, 0) is 46.5 Å². The van der Waals surface area contributed by atoms with Crippen LogP contribution in [0.4, 0.5) is 5.69 Å². The van der Waals surface area contributed by atoms with E-state index in [1.807, 2.05) is 38.4 Å². The first-order chi connectivity index (χ1) is 10.0. The summed E-state index contributed by atoms with van der Waals surface area (Å²) in [5.41, 5.74) is 5.59. The topological polar surface area (TPSA) is 27.0 Å². The van der Waals surface area contributed by atoms with E-state index in [-0.39, 0.29) is 0 Å². The highest BCUT2D eigenvalue weighted by Crippen LogP contribution is 2.29. The second-order valence-corrected chi connectivity index (χ2v) is 5.09. The van der Waals surface area contributed by atoms with Crippen LogP contribution in [0.25, 0.3) is 11.1 Å². The van der Waals surface area contributed by atoms with Crippen molar-refractivity contribution in [2.45, 2.75) is 0 Å². The Bertz CT molecular complexity index is 699. The summed E-state index contributed by atoms with van der Waals surface area (Å²) in [6.45, 7) is 8.26. The van der Waals surface area contributed by atoms with E-state index in [1.54, 1.807) is 12.1 Å². The monoisotopic (exact) mass is 274 g/mol. The molecule has 0 saturated heterocycles. The molecule has 0 saturated carbocycles. The molecule has 104 valence electrons. The van der Waals surface area contributed by atoms with Crippen molar-refractivity contribution in [3.05, 3.63) is 78.4 Å². The van der Waals surface area contributed by atoms with Crippen LogP contribution < -0.4 is 4.90 Å². The molecule has 0 radical (unpaired) electrons. The molecule has 2 aromatic rings. The summed E-state index contributed by atoms with van der Waals surface area (Å²) >= 11 is 0. The van der Waals surface area contributed by atoms with Crippen LogP contribution in [0.1, 0.15) is 16.7 Å². The fourth-order valence-electron chi connectivity index (χ4n) is 2.06. The van der Waals surface area contributed by atoms with Gasteiger partial charge in [-0.15, -0.1) is 0 Å². The molecule has 0 aliphatic rings. The summed E-state index contributed by atoms with van der Waals surface area (Å²) in [5, 5.41) is 8.83. The molecule has 0 heterocycles. The van der Waals surface area contributed by atoms with Crippen molar-refractivity contribution in [2.75, 3.05) is 19.0 Å². The Hall–Kier alpha value is -2.79. The first-order valence-corrected chi connectivity index (χ1v) is 6.69. The van der Waals surface area contributed by atoms with Gasteiger partial charge in [-0.3, -0.25) is 0 Å². The standard InChI is InChI=1S/C19H18N2/c1-14(17-7-5-16(13-20)6-8-17)15(2)18-9-11-19(12-10-18)21(3)4/h5-12H,1-2H2,3-4H3. The van der Waals surface area contributed by atoms with Gasteiger partial charge in [0.1, 0.15) is 0 Å². The van der Waals surface area contributed by atoms with Crippen molar-refractivity contribution < 1.29 is 0 Å². The van der Waals surface area contributed by atoms with Crippen molar-refractivity contribution in [1.29, 1.82) is 5.26 Å². The average Bonchev–Trinajstić information content (AvgIpc) is 2.53. The molecule has 0 aliphatic heterocycles. The largest absolute Gasteiger partial charge is 0.378 e. The van der Waals surface area contributed by atoms with Gasteiger partial charge in [-0.2, -0.15) is 5.26 Å². The zero-order valence-corrected chi connectivity index (χ0v) is 12.4. The maximum absolute atomic E-state index is 8.83. The molecule has 0 amide bonds. The van der Waals surface area contributed by atoms with Crippen LogP contribution in [-0.4, -0.2) is 14.1 Å². The van der Waals surface area contributed by atoms with Gasteiger partial charge in [-0.1, -0.05) is 37.4 Å². The van der Waals surface area contributed by atoms with Crippen molar-refractivity contribution in [1.82, 2.24) is 0 Å². The van der Waals surface area contributed by atoms with Crippen LogP contribution in [0.5, 0.6) is 0 Å².